The highest BCUT2D eigenvalue weighted by Gasteiger charge is 2.62. The van der Waals surface area contributed by atoms with Gasteiger partial charge in [0, 0.05) is 6.42 Å². The van der Waals surface area contributed by atoms with Gasteiger partial charge in [-0.2, -0.15) is 13.2 Å². The number of carbonyl (C=O) groups excluding carboxylic acids is 1. The lowest BCUT2D eigenvalue weighted by Gasteiger charge is -2.17. The third-order valence-corrected chi connectivity index (χ3v) is 2.49. The van der Waals surface area contributed by atoms with Gasteiger partial charge in [-0.25, -0.2) is 0 Å². The van der Waals surface area contributed by atoms with E-state index in [1.54, 1.807) is 0 Å². The molecule has 76 valence electrons. The van der Waals surface area contributed by atoms with Crippen LogP contribution in [0.1, 0.15) is 25.7 Å². The first-order valence-electron chi connectivity index (χ1n) is 4.05. The van der Waals surface area contributed by atoms with Crippen LogP contribution in [0.15, 0.2) is 0 Å². The molecule has 0 aromatic heterocycles. The Morgan fingerprint density at radius 1 is 1.46 bits per heavy atom. The number of alkyl halides is 3. The van der Waals surface area contributed by atoms with Gasteiger partial charge in [0.15, 0.2) is 0 Å². The summed E-state index contributed by atoms with van der Waals surface area (Å²) < 4.78 is 41.2. The molecule has 0 atom stereocenters. The monoisotopic (exact) mass is 196 g/mol. The molecular weight excluding hydrogens is 185 g/mol. The minimum atomic E-state index is -4.17. The zero-order valence-corrected chi connectivity index (χ0v) is 7.28. The highest BCUT2D eigenvalue weighted by atomic mass is 19.4. The molecule has 2 nitrogen and oxygen atoms in total. The highest BCUT2D eigenvalue weighted by Crippen LogP contribution is 2.60. The predicted molar refractivity (Wildman–Crippen MR) is 39.0 cm³/mol. The van der Waals surface area contributed by atoms with Gasteiger partial charge in [-0.3, -0.25) is 4.79 Å². The third kappa shape index (κ3) is 2.14. The van der Waals surface area contributed by atoms with Crippen molar-refractivity contribution >= 4 is 5.97 Å². The van der Waals surface area contributed by atoms with Crippen molar-refractivity contribution in [2.24, 2.45) is 5.41 Å². The summed E-state index contributed by atoms with van der Waals surface area (Å²) in [5.74, 6) is -0.574. The van der Waals surface area contributed by atoms with Crippen molar-refractivity contribution < 1.29 is 22.7 Å². The van der Waals surface area contributed by atoms with E-state index in [0.717, 1.165) is 0 Å². The van der Waals surface area contributed by atoms with Crippen LogP contribution in [0.25, 0.3) is 0 Å². The molecule has 1 aliphatic carbocycles. The molecule has 1 rings (SSSR count). The van der Waals surface area contributed by atoms with E-state index in [0.29, 0.717) is 0 Å². The van der Waals surface area contributed by atoms with Gasteiger partial charge in [0.1, 0.15) is 0 Å². The second kappa shape index (κ2) is 3.20. The summed E-state index contributed by atoms with van der Waals surface area (Å²) in [6.45, 7) is 0. The minimum Gasteiger partial charge on any atom is -0.469 e. The second-order valence-electron chi connectivity index (χ2n) is 3.35. The summed E-state index contributed by atoms with van der Waals surface area (Å²) >= 11 is 0. The standard InChI is InChI=1S/C8H11F3O2/c1-13-6(12)2-3-7(4-5-7)8(9,10)11/h2-5H2,1H3. The van der Waals surface area contributed by atoms with Crippen molar-refractivity contribution in [2.75, 3.05) is 7.11 Å². The van der Waals surface area contributed by atoms with Crippen LogP contribution in [0.2, 0.25) is 0 Å². The Balaban J connectivity index is 2.41. The van der Waals surface area contributed by atoms with Gasteiger partial charge in [-0.05, 0) is 19.3 Å². The van der Waals surface area contributed by atoms with Crippen molar-refractivity contribution in [1.82, 2.24) is 0 Å². The van der Waals surface area contributed by atoms with Gasteiger partial charge in [0.2, 0.25) is 0 Å². The van der Waals surface area contributed by atoms with Crippen LogP contribution in [-0.4, -0.2) is 19.3 Å². The maximum atomic E-state index is 12.3. The Morgan fingerprint density at radius 2 is 2.00 bits per heavy atom. The Labute approximate surface area is 74.1 Å². The van der Waals surface area contributed by atoms with Gasteiger partial charge >= 0.3 is 12.1 Å². The summed E-state index contributed by atoms with van der Waals surface area (Å²) in [4.78, 5) is 10.6. The lowest BCUT2D eigenvalue weighted by Crippen LogP contribution is -2.25. The molecule has 0 amide bonds. The molecule has 0 unspecified atom stereocenters. The summed E-state index contributed by atoms with van der Waals surface area (Å²) in [6, 6.07) is 0. The lowest BCUT2D eigenvalue weighted by atomic mass is 10.00. The number of methoxy groups -OCH3 is 1. The van der Waals surface area contributed by atoms with Crippen molar-refractivity contribution in [3.8, 4) is 0 Å². The van der Waals surface area contributed by atoms with Crippen LogP contribution >= 0.6 is 0 Å². The molecule has 1 fully saturated rings. The predicted octanol–water partition coefficient (Wildman–Crippen LogP) is 2.28. The number of hydrogen-bond acceptors (Lipinski definition) is 2. The smallest absolute Gasteiger partial charge is 0.394 e. The van der Waals surface area contributed by atoms with Crippen LogP contribution in [-0.2, 0) is 9.53 Å². The normalized spacial score (nSPS) is 19.7. The fraction of sp³-hybridized carbons (Fsp3) is 0.875. The molecule has 0 saturated heterocycles. The third-order valence-electron chi connectivity index (χ3n) is 2.49. The second-order valence-corrected chi connectivity index (χ2v) is 3.35. The van der Waals surface area contributed by atoms with Crippen molar-refractivity contribution in [1.29, 1.82) is 0 Å². The molecular formula is C8H11F3O2. The van der Waals surface area contributed by atoms with E-state index in [9.17, 15) is 18.0 Å². The van der Waals surface area contributed by atoms with E-state index in [1.165, 1.54) is 7.11 Å². The quantitative estimate of drug-likeness (QED) is 0.647. The van der Waals surface area contributed by atoms with Crippen LogP contribution < -0.4 is 0 Å². The Hall–Kier alpha value is -0.740. The maximum Gasteiger partial charge on any atom is 0.394 e. The molecule has 0 aromatic carbocycles. The van der Waals surface area contributed by atoms with E-state index in [2.05, 4.69) is 4.74 Å². The summed E-state index contributed by atoms with van der Waals surface area (Å²) in [7, 11) is 1.18. The molecule has 0 aliphatic heterocycles. The highest BCUT2D eigenvalue weighted by molar-refractivity contribution is 5.69. The number of halogens is 3. The largest absolute Gasteiger partial charge is 0.469 e. The fourth-order valence-corrected chi connectivity index (χ4v) is 1.27. The molecule has 0 radical (unpaired) electrons. The number of ether oxygens (including phenoxy) is 1. The molecule has 5 heteroatoms. The number of rotatable bonds is 3. The molecule has 1 saturated carbocycles. The van der Waals surface area contributed by atoms with E-state index in [1.807, 2.05) is 0 Å². The molecule has 0 N–H and O–H groups in total. The summed E-state index contributed by atoms with van der Waals surface area (Å²) in [5, 5.41) is 0. The van der Waals surface area contributed by atoms with Crippen LogP contribution in [0.4, 0.5) is 13.2 Å². The minimum absolute atomic E-state index is 0.136. The Kier molecular flexibility index (Phi) is 2.54. The van der Waals surface area contributed by atoms with E-state index < -0.39 is 17.6 Å². The van der Waals surface area contributed by atoms with Gasteiger partial charge in [0.05, 0.1) is 12.5 Å². The van der Waals surface area contributed by atoms with Crippen molar-refractivity contribution in [2.45, 2.75) is 31.9 Å². The fourth-order valence-electron chi connectivity index (χ4n) is 1.27. The van der Waals surface area contributed by atoms with Crippen LogP contribution in [0.3, 0.4) is 0 Å². The van der Waals surface area contributed by atoms with Gasteiger partial charge in [0.25, 0.3) is 0 Å². The van der Waals surface area contributed by atoms with E-state index in [4.69, 9.17) is 0 Å². The van der Waals surface area contributed by atoms with Gasteiger partial charge < -0.3 is 4.74 Å². The maximum absolute atomic E-state index is 12.3. The van der Waals surface area contributed by atoms with Crippen molar-refractivity contribution in [3.63, 3.8) is 0 Å². The molecule has 0 heterocycles. The van der Waals surface area contributed by atoms with E-state index >= 15 is 0 Å². The number of carbonyl (C=O) groups is 1. The Morgan fingerprint density at radius 3 is 2.31 bits per heavy atom. The average Bonchev–Trinajstić information content (AvgIpc) is 2.79. The molecule has 0 aromatic rings. The van der Waals surface area contributed by atoms with Crippen LogP contribution in [0, 0.1) is 5.41 Å². The average molecular weight is 196 g/mol. The molecule has 1 aliphatic rings. The lowest BCUT2D eigenvalue weighted by molar-refractivity contribution is -0.190. The van der Waals surface area contributed by atoms with Gasteiger partial charge in [-0.15, -0.1) is 0 Å². The number of esters is 1. The van der Waals surface area contributed by atoms with E-state index in [-0.39, 0.29) is 25.7 Å². The Bertz CT molecular complexity index is 206. The first kappa shape index (κ1) is 10.3. The van der Waals surface area contributed by atoms with Crippen molar-refractivity contribution in [3.05, 3.63) is 0 Å². The molecule has 13 heavy (non-hydrogen) atoms. The van der Waals surface area contributed by atoms with Crippen LogP contribution in [0.5, 0.6) is 0 Å². The first-order valence-corrected chi connectivity index (χ1v) is 4.05. The van der Waals surface area contributed by atoms with Gasteiger partial charge in [-0.1, -0.05) is 0 Å². The topological polar surface area (TPSA) is 26.3 Å². The zero-order valence-electron chi connectivity index (χ0n) is 7.28. The molecule has 0 spiro atoms. The summed E-state index contributed by atoms with van der Waals surface area (Å²) in [5.41, 5.74) is -1.58. The number of hydrogen-bond donors (Lipinski definition) is 0. The first-order chi connectivity index (χ1) is 5.91. The summed E-state index contributed by atoms with van der Waals surface area (Å²) in [6.07, 6.45) is -4.15. The SMILES string of the molecule is COC(=O)CCC1(C(F)(F)F)CC1. The zero-order chi connectivity index (χ0) is 10.1. The molecule has 0 bridgehead atoms.